The zero-order chi connectivity index (χ0) is 13.4. The molecule has 0 spiro atoms. The van der Waals surface area contributed by atoms with Gasteiger partial charge in [0.05, 0.1) is 11.4 Å². The topological polar surface area (TPSA) is 16.1 Å². The summed E-state index contributed by atoms with van der Waals surface area (Å²) >= 11 is 1.55. The number of rotatable bonds is 2. The van der Waals surface area contributed by atoms with Crippen molar-refractivity contribution in [2.45, 2.75) is 33.0 Å². The van der Waals surface area contributed by atoms with Gasteiger partial charge in [-0.05, 0) is 18.4 Å². The lowest BCUT2D eigenvalue weighted by Crippen LogP contribution is -2.50. The second-order valence-electron chi connectivity index (χ2n) is 5.55. The molecule has 1 aliphatic rings. The van der Waals surface area contributed by atoms with Crippen molar-refractivity contribution in [3.05, 3.63) is 16.6 Å². The molecule has 18 heavy (non-hydrogen) atoms. The van der Waals surface area contributed by atoms with Crippen LogP contribution in [0.1, 0.15) is 25.1 Å². The van der Waals surface area contributed by atoms with Crippen molar-refractivity contribution in [3.63, 3.8) is 0 Å². The van der Waals surface area contributed by atoms with Crippen LogP contribution in [0.25, 0.3) is 0 Å². The van der Waals surface area contributed by atoms with Crippen molar-refractivity contribution in [2.24, 2.45) is 11.3 Å². The maximum Gasteiger partial charge on any atom is 0.392 e. The van der Waals surface area contributed by atoms with Crippen LogP contribution in [0.3, 0.4) is 0 Å². The molecule has 102 valence electrons. The molecule has 0 aliphatic carbocycles. The average Bonchev–Trinajstić information content (AvgIpc) is 2.66. The van der Waals surface area contributed by atoms with Crippen LogP contribution >= 0.6 is 11.3 Å². The molecule has 0 bridgehead atoms. The molecule has 0 saturated carbocycles. The molecule has 0 unspecified atom stereocenters. The Morgan fingerprint density at radius 2 is 2.22 bits per heavy atom. The Hall–Kier alpha value is -0.620. The molecule has 1 aliphatic heterocycles. The van der Waals surface area contributed by atoms with E-state index in [9.17, 15) is 13.2 Å². The lowest BCUT2D eigenvalue weighted by Gasteiger charge is -2.44. The van der Waals surface area contributed by atoms with Gasteiger partial charge in [-0.2, -0.15) is 13.2 Å². The number of hydrogen-bond acceptors (Lipinski definition) is 3. The molecule has 2 rings (SSSR count). The Kier molecular flexibility index (Phi) is 3.69. The minimum atomic E-state index is -4.08. The molecule has 2 heterocycles. The zero-order valence-corrected chi connectivity index (χ0v) is 11.3. The standard InChI is InChI=1S/C12H17F3N2S/c1-11(2)7-17(6-9-5-16-8-18-9)4-3-10(11)12(13,14)15/h5,8,10H,3-4,6-7H2,1-2H3/t10-/m1/s1. The lowest BCUT2D eigenvalue weighted by molar-refractivity contribution is -0.217. The summed E-state index contributed by atoms with van der Waals surface area (Å²) in [6, 6.07) is 0. The molecule has 1 atom stereocenters. The average molecular weight is 278 g/mol. The number of alkyl halides is 3. The highest BCUT2D eigenvalue weighted by molar-refractivity contribution is 7.09. The van der Waals surface area contributed by atoms with Gasteiger partial charge in [0.15, 0.2) is 0 Å². The number of hydrogen-bond donors (Lipinski definition) is 0. The first-order chi connectivity index (χ1) is 8.29. The number of piperidine rings is 1. The summed E-state index contributed by atoms with van der Waals surface area (Å²) < 4.78 is 38.7. The Bertz CT molecular complexity index is 387. The van der Waals surface area contributed by atoms with Gasteiger partial charge in [-0.3, -0.25) is 9.88 Å². The Morgan fingerprint density at radius 3 is 2.72 bits per heavy atom. The highest BCUT2D eigenvalue weighted by Crippen LogP contribution is 2.45. The van der Waals surface area contributed by atoms with Gasteiger partial charge in [-0.15, -0.1) is 11.3 Å². The number of halogens is 3. The van der Waals surface area contributed by atoms with Crippen molar-refractivity contribution in [1.82, 2.24) is 9.88 Å². The maximum absolute atomic E-state index is 12.9. The molecule has 1 aromatic heterocycles. The molecule has 1 aromatic rings. The van der Waals surface area contributed by atoms with E-state index in [-0.39, 0.29) is 6.42 Å². The molecule has 0 aromatic carbocycles. The minimum absolute atomic E-state index is 0.190. The summed E-state index contributed by atoms with van der Waals surface area (Å²) in [5, 5.41) is 0. The van der Waals surface area contributed by atoms with Gasteiger partial charge < -0.3 is 0 Å². The normalized spacial score (nSPS) is 25.3. The van der Waals surface area contributed by atoms with E-state index >= 15 is 0 Å². The largest absolute Gasteiger partial charge is 0.392 e. The zero-order valence-electron chi connectivity index (χ0n) is 10.5. The fraction of sp³-hybridized carbons (Fsp3) is 0.750. The summed E-state index contributed by atoms with van der Waals surface area (Å²) in [7, 11) is 0. The molecular formula is C12H17F3N2S. The summed E-state index contributed by atoms with van der Waals surface area (Å²) in [6.07, 6.45) is -2.11. The van der Waals surface area contributed by atoms with E-state index < -0.39 is 17.5 Å². The van der Waals surface area contributed by atoms with E-state index in [0.29, 0.717) is 19.6 Å². The van der Waals surface area contributed by atoms with E-state index in [1.54, 1.807) is 36.9 Å². The van der Waals surface area contributed by atoms with Gasteiger partial charge in [0.2, 0.25) is 0 Å². The molecule has 0 N–H and O–H groups in total. The molecule has 1 saturated heterocycles. The predicted octanol–water partition coefficient (Wildman–Crippen LogP) is 3.55. The van der Waals surface area contributed by atoms with E-state index in [1.165, 1.54) is 0 Å². The third-order valence-electron chi connectivity index (χ3n) is 3.57. The highest BCUT2D eigenvalue weighted by Gasteiger charge is 2.50. The fourth-order valence-corrected chi connectivity index (χ4v) is 3.39. The Labute approximate surface area is 109 Å². The van der Waals surface area contributed by atoms with Crippen LogP contribution in [0.4, 0.5) is 13.2 Å². The first-order valence-electron chi connectivity index (χ1n) is 5.95. The monoisotopic (exact) mass is 278 g/mol. The van der Waals surface area contributed by atoms with Crippen molar-refractivity contribution in [2.75, 3.05) is 13.1 Å². The second kappa shape index (κ2) is 4.81. The third kappa shape index (κ3) is 3.03. The summed E-state index contributed by atoms with van der Waals surface area (Å²) in [6.45, 7) is 5.12. The van der Waals surface area contributed by atoms with Crippen molar-refractivity contribution in [3.8, 4) is 0 Å². The van der Waals surface area contributed by atoms with Crippen LogP contribution in [0.2, 0.25) is 0 Å². The fourth-order valence-electron chi connectivity index (χ4n) is 2.75. The Balaban J connectivity index is 2.01. The first-order valence-corrected chi connectivity index (χ1v) is 6.83. The summed E-state index contributed by atoms with van der Waals surface area (Å²) in [5.74, 6) is -1.19. The van der Waals surface area contributed by atoms with Crippen molar-refractivity contribution < 1.29 is 13.2 Å². The third-order valence-corrected chi connectivity index (χ3v) is 4.33. The van der Waals surface area contributed by atoms with E-state index in [1.807, 2.05) is 0 Å². The summed E-state index contributed by atoms with van der Waals surface area (Å²) in [4.78, 5) is 7.19. The molecule has 2 nitrogen and oxygen atoms in total. The maximum atomic E-state index is 12.9. The van der Waals surface area contributed by atoms with Gasteiger partial charge in [-0.25, -0.2) is 0 Å². The molecule has 6 heteroatoms. The van der Waals surface area contributed by atoms with Gasteiger partial charge in [-0.1, -0.05) is 13.8 Å². The van der Waals surface area contributed by atoms with Crippen LogP contribution in [0.5, 0.6) is 0 Å². The van der Waals surface area contributed by atoms with Crippen LogP contribution in [0.15, 0.2) is 11.7 Å². The number of nitrogens with zero attached hydrogens (tertiary/aromatic N) is 2. The van der Waals surface area contributed by atoms with Crippen molar-refractivity contribution in [1.29, 1.82) is 0 Å². The number of thiazole rings is 1. The SMILES string of the molecule is CC1(C)CN(Cc2cncs2)CC[C@H]1C(F)(F)F. The van der Waals surface area contributed by atoms with E-state index in [4.69, 9.17) is 0 Å². The molecular weight excluding hydrogens is 261 g/mol. The molecule has 0 radical (unpaired) electrons. The highest BCUT2D eigenvalue weighted by atomic mass is 32.1. The number of likely N-dealkylation sites (tertiary alicyclic amines) is 1. The van der Waals surface area contributed by atoms with E-state index in [0.717, 1.165) is 4.88 Å². The van der Waals surface area contributed by atoms with Gasteiger partial charge in [0, 0.05) is 24.2 Å². The molecule has 1 fully saturated rings. The van der Waals surface area contributed by atoms with Crippen LogP contribution in [0, 0.1) is 11.3 Å². The van der Waals surface area contributed by atoms with Gasteiger partial charge in [0.25, 0.3) is 0 Å². The number of aromatic nitrogens is 1. The molecule has 0 amide bonds. The van der Waals surface area contributed by atoms with Crippen LogP contribution in [-0.4, -0.2) is 29.1 Å². The van der Waals surface area contributed by atoms with Gasteiger partial charge >= 0.3 is 6.18 Å². The second-order valence-corrected chi connectivity index (χ2v) is 6.52. The predicted molar refractivity (Wildman–Crippen MR) is 65.3 cm³/mol. The lowest BCUT2D eigenvalue weighted by atomic mass is 9.73. The minimum Gasteiger partial charge on any atom is -0.298 e. The van der Waals surface area contributed by atoms with Crippen LogP contribution in [-0.2, 0) is 6.54 Å². The van der Waals surface area contributed by atoms with Gasteiger partial charge in [0.1, 0.15) is 0 Å². The summed E-state index contributed by atoms with van der Waals surface area (Å²) in [5.41, 5.74) is 1.03. The first kappa shape index (κ1) is 13.8. The van der Waals surface area contributed by atoms with E-state index in [2.05, 4.69) is 9.88 Å². The van der Waals surface area contributed by atoms with Crippen molar-refractivity contribution >= 4 is 11.3 Å². The van der Waals surface area contributed by atoms with Crippen LogP contribution < -0.4 is 0 Å². The smallest absolute Gasteiger partial charge is 0.298 e. The quantitative estimate of drug-likeness (QED) is 0.822. The Morgan fingerprint density at radius 1 is 1.50 bits per heavy atom.